The third kappa shape index (κ3) is 4.26. The molecule has 3 aromatic carbocycles. The van der Waals surface area contributed by atoms with Crippen LogP contribution in [-0.2, 0) is 6.61 Å². The molecule has 0 atom stereocenters. The van der Waals surface area contributed by atoms with E-state index in [-0.39, 0.29) is 5.91 Å². The second-order valence-electron chi connectivity index (χ2n) is 6.42. The zero-order valence-electron chi connectivity index (χ0n) is 15.4. The SMILES string of the molecule is O=C(Nc1ccc2c(c1)OCCCO2)c1ccccc1COc1ccccc1. The van der Waals surface area contributed by atoms with E-state index < -0.39 is 0 Å². The molecule has 1 aliphatic heterocycles. The van der Waals surface area contributed by atoms with Crippen LogP contribution in [0.5, 0.6) is 17.2 Å². The molecule has 28 heavy (non-hydrogen) atoms. The van der Waals surface area contributed by atoms with Gasteiger partial charge in [-0.05, 0) is 30.3 Å². The van der Waals surface area contributed by atoms with E-state index in [9.17, 15) is 4.79 Å². The van der Waals surface area contributed by atoms with Crippen LogP contribution in [0, 0.1) is 0 Å². The van der Waals surface area contributed by atoms with Gasteiger partial charge in [-0.1, -0.05) is 36.4 Å². The van der Waals surface area contributed by atoms with Crippen molar-refractivity contribution >= 4 is 11.6 Å². The van der Waals surface area contributed by atoms with E-state index in [2.05, 4.69) is 5.32 Å². The minimum absolute atomic E-state index is 0.193. The standard InChI is InChI=1S/C23H21NO4/c25-23(24-18-11-12-21-22(15-18)27-14-6-13-26-21)20-10-5-4-7-17(20)16-28-19-8-2-1-3-9-19/h1-5,7-12,15H,6,13-14,16H2,(H,24,25). The first-order chi connectivity index (χ1) is 13.8. The molecule has 0 aromatic heterocycles. The summed E-state index contributed by atoms with van der Waals surface area (Å²) in [7, 11) is 0. The highest BCUT2D eigenvalue weighted by molar-refractivity contribution is 6.05. The zero-order valence-corrected chi connectivity index (χ0v) is 15.4. The molecule has 0 aliphatic carbocycles. The molecule has 0 spiro atoms. The summed E-state index contributed by atoms with van der Waals surface area (Å²) in [6.07, 6.45) is 0.838. The summed E-state index contributed by atoms with van der Waals surface area (Å²) in [5.74, 6) is 1.92. The fraction of sp³-hybridized carbons (Fsp3) is 0.174. The maximum Gasteiger partial charge on any atom is 0.256 e. The predicted octanol–water partition coefficient (Wildman–Crippen LogP) is 4.68. The van der Waals surface area contributed by atoms with Gasteiger partial charge in [-0.3, -0.25) is 4.79 Å². The largest absolute Gasteiger partial charge is 0.490 e. The number of anilines is 1. The van der Waals surface area contributed by atoms with Crippen LogP contribution in [-0.4, -0.2) is 19.1 Å². The van der Waals surface area contributed by atoms with Crippen LogP contribution < -0.4 is 19.5 Å². The fourth-order valence-corrected chi connectivity index (χ4v) is 2.98. The van der Waals surface area contributed by atoms with Gasteiger partial charge in [-0.15, -0.1) is 0 Å². The van der Waals surface area contributed by atoms with Gasteiger partial charge in [0.15, 0.2) is 11.5 Å². The van der Waals surface area contributed by atoms with E-state index in [1.54, 1.807) is 12.1 Å². The average molecular weight is 375 g/mol. The Morgan fingerprint density at radius 2 is 1.64 bits per heavy atom. The predicted molar refractivity (Wildman–Crippen MR) is 107 cm³/mol. The number of hydrogen-bond acceptors (Lipinski definition) is 4. The third-order valence-electron chi connectivity index (χ3n) is 4.40. The molecule has 1 aliphatic rings. The van der Waals surface area contributed by atoms with Crippen LogP contribution in [0.4, 0.5) is 5.69 Å². The topological polar surface area (TPSA) is 56.8 Å². The van der Waals surface area contributed by atoms with Gasteiger partial charge in [0.2, 0.25) is 0 Å². The molecule has 5 heteroatoms. The van der Waals surface area contributed by atoms with Crippen molar-refractivity contribution in [2.24, 2.45) is 0 Å². The molecule has 142 valence electrons. The van der Waals surface area contributed by atoms with Gasteiger partial charge in [-0.2, -0.15) is 0 Å². The summed E-state index contributed by atoms with van der Waals surface area (Å²) in [6, 6.07) is 22.4. The van der Waals surface area contributed by atoms with Crippen molar-refractivity contribution in [1.82, 2.24) is 0 Å². The molecule has 1 heterocycles. The Bertz CT molecular complexity index is 956. The van der Waals surface area contributed by atoms with Crippen molar-refractivity contribution in [2.75, 3.05) is 18.5 Å². The van der Waals surface area contributed by atoms with Gasteiger partial charge in [0, 0.05) is 29.3 Å². The van der Waals surface area contributed by atoms with E-state index in [0.717, 1.165) is 17.7 Å². The molecule has 0 fully saturated rings. The number of fused-ring (bicyclic) bond motifs is 1. The molecule has 0 bridgehead atoms. The number of ether oxygens (including phenoxy) is 3. The Balaban J connectivity index is 1.48. The van der Waals surface area contributed by atoms with Crippen molar-refractivity contribution in [3.05, 3.63) is 83.9 Å². The highest BCUT2D eigenvalue weighted by atomic mass is 16.5. The number of rotatable bonds is 5. The second kappa shape index (κ2) is 8.48. The number of amides is 1. The third-order valence-corrected chi connectivity index (χ3v) is 4.40. The molecular formula is C23H21NO4. The van der Waals surface area contributed by atoms with Gasteiger partial charge < -0.3 is 19.5 Å². The Hall–Kier alpha value is -3.47. The van der Waals surface area contributed by atoms with Gasteiger partial charge in [0.1, 0.15) is 12.4 Å². The summed E-state index contributed by atoms with van der Waals surface area (Å²) >= 11 is 0. The van der Waals surface area contributed by atoms with Crippen molar-refractivity contribution in [2.45, 2.75) is 13.0 Å². The Labute approximate surface area is 163 Å². The molecule has 0 saturated heterocycles. The first kappa shape index (κ1) is 17.9. The minimum Gasteiger partial charge on any atom is -0.490 e. The Kier molecular flexibility index (Phi) is 5.43. The summed E-state index contributed by atoms with van der Waals surface area (Å²) in [6.45, 7) is 1.55. The molecule has 0 saturated carbocycles. The Morgan fingerprint density at radius 3 is 2.50 bits per heavy atom. The molecule has 0 radical (unpaired) electrons. The van der Waals surface area contributed by atoms with Crippen molar-refractivity contribution in [3.63, 3.8) is 0 Å². The number of carbonyl (C=O) groups is 1. The highest BCUT2D eigenvalue weighted by Gasteiger charge is 2.15. The van der Waals surface area contributed by atoms with Gasteiger partial charge in [0.05, 0.1) is 13.2 Å². The first-order valence-electron chi connectivity index (χ1n) is 9.26. The van der Waals surface area contributed by atoms with E-state index >= 15 is 0 Å². The van der Waals surface area contributed by atoms with Crippen LogP contribution in [0.1, 0.15) is 22.3 Å². The Morgan fingerprint density at radius 1 is 0.893 bits per heavy atom. The number of benzene rings is 3. The molecule has 5 nitrogen and oxygen atoms in total. The normalized spacial score (nSPS) is 12.7. The smallest absolute Gasteiger partial charge is 0.256 e. The quantitative estimate of drug-likeness (QED) is 0.704. The lowest BCUT2D eigenvalue weighted by molar-refractivity contribution is 0.102. The molecule has 1 amide bonds. The first-order valence-corrected chi connectivity index (χ1v) is 9.26. The monoisotopic (exact) mass is 375 g/mol. The van der Waals surface area contributed by atoms with Crippen LogP contribution in [0.3, 0.4) is 0 Å². The molecule has 4 rings (SSSR count). The average Bonchev–Trinajstić information content (AvgIpc) is 2.98. The van der Waals surface area contributed by atoms with Gasteiger partial charge in [0.25, 0.3) is 5.91 Å². The molecular weight excluding hydrogens is 354 g/mol. The lowest BCUT2D eigenvalue weighted by Gasteiger charge is -2.13. The van der Waals surface area contributed by atoms with Crippen LogP contribution in [0.15, 0.2) is 72.8 Å². The van der Waals surface area contributed by atoms with Crippen molar-refractivity contribution < 1.29 is 19.0 Å². The summed E-state index contributed by atoms with van der Waals surface area (Å²) in [4.78, 5) is 12.8. The highest BCUT2D eigenvalue weighted by Crippen LogP contribution is 2.32. The van der Waals surface area contributed by atoms with E-state index in [4.69, 9.17) is 14.2 Å². The lowest BCUT2D eigenvalue weighted by atomic mass is 10.1. The van der Waals surface area contributed by atoms with E-state index in [1.807, 2.05) is 60.7 Å². The number of para-hydroxylation sites is 1. The lowest BCUT2D eigenvalue weighted by Crippen LogP contribution is -2.15. The van der Waals surface area contributed by atoms with Gasteiger partial charge in [-0.25, -0.2) is 0 Å². The van der Waals surface area contributed by atoms with Crippen LogP contribution >= 0.6 is 0 Å². The van der Waals surface area contributed by atoms with Gasteiger partial charge >= 0.3 is 0 Å². The van der Waals surface area contributed by atoms with Crippen molar-refractivity contribution in [3.8, 4) is 17.2 Å². The number of nitrogens with one attached hydrogen (secondary N) is 1. The maximum atomic E-state index is 12.8. The molecule has 1 N–H and O–H groups in total. The summed E-state index contributed by atoms with van der Waals surface area (Å²) in [5, 5.41) is 2.94. The van der Waals surface area contributed by atoms with E-state index in [1.165, 1.54) is 0 Å². The zero-order chi connectivity index (χ0) is 19.2. The number of hydrogen-bond donors (Lipinski definition) is 1. The van der Waals surface area contributed by atoms with Crippen LogP contribution in [0.2, 0.25) is 0 Å². The second-order valence-corrected chi connectivity index (χ2v) is 6.42. The minimum atomic E-state index is -0.193. The summed E-state index contributed by atoms with van der Waals surface area (Å²) < 4.78 is 17.1. The molecule has 3 aromatic rings. The van der Waals surface area contributed by atoms with E-state index in [0.29, 0.717) is 42.6 Å². The van der Waals surface area contributed by atoms with Crippen molar-refractivity contribution in [1.29, 1.82) is 0 Å². The number of carbonyl (C=O) groups excluding carboxylic acids is 1. The summed E-state index contributed by atoms with van der Waals surface area (Å²) in [5.41, 5.74) is 2.05. The fourth-order valence-electron chi connectivity index (χ4n) is 2.98. The van der Waals surface area contributed by atoms with Crippen LogP contribution in [0.25, 0.3) is 0 Å². The maximum absolute atomic E-state index is 12.8. The molecule has 0 unspecified atom stereocenters.